The van der Waals surface area contributed by atoms with Crippen molar-refractivity contribution in [3.05, 3.63) is 0 Å². The van der Waals surface area contributed by atoms with Gasteiger partial charge in [0.05, 0.1) is 5.54 Å². The van der Waals surface area contributed by atoms with E-state index in [1.807, 2.05) is 0 Å². The fraction of sp³-hybridized carbons (Fsp3) is 0.875. The Bertz CT molecular complexity index is 490. The SMILES string of the molecule is CC1CC2C[C@]34C(=O)CCCN3CCC[C@@]2(O)C(=O)C14. The molecule has 6 aliphatic rings. The lowest BCUT2D eigenvalue weighted by Gasteiger charge is -2.64. The van der Waals surface area contributed by atoms with Crippen molar-refractivity contribution in [3.8, 4) is 0 Å². The van der Waals surface area contributed by atoms with Crippen LogP contribution in [0.5, 0.6) is 0 Å². The molecule has 0 aromatic carbocycles. The average molecular weight is 277 g/mol. The van der Waals surface area contributed by atoms with Gasteiger partial charge in [0.2, 0.25) is 0 Å². The zero-order chi connectivity index (χ0) is 14.1. The molecule has 6 rings (SSSR count). The highest BCUT2D eigenvalue weighted by atomic mass is 16.3. The summed E-state index contributed by atoms with van der Waals surface area (Å²) in [7, 11) is 0. The van der Waals surface area contributed by atoms with Crippen molar-refractivity contribution >= 4 is 11.6 Å². The molecule has 3 heterocycles. The third kappa shape index (κ3) is 1.30. The van der Waals surface area contributed by atoms with E-state index in [-0.39, 0.29) is 29.3 Å². The number of carbonyl (C=O) groups excluding carboxylic acids is 2. The molecule has 3 unspecified atom stereocenters. The maximum absolute atomic E-state index is 12.9. The minimum Gasteiger partial charge on any atom is -0.382 e. The summed E-state index contributed by atoms with van der Waals surface area (Å²) in [6.45, 7) is 3.89. The van der Waals surface area contributed by atoms with Crippen LogP contribution in [0.4, 0.5) is 0 Å². The van der Waals surface area contributed by atoms with E-state index < -0.39 is 11.1 Å². The second-order valence-electron chi connectivity index (χ2n) is 7.42. The van der Waals surface area contributed by atoms with Crippen molar-refractivity contribution in [2.75, 3.05) is 13.1 Å². The van der Waals surface area contributed by atoms with Crippen LogP contribution in [0.15, 0.2) is 0 Å². The van der Waals surface area contributed by atoms with Gasteiger partial charge in [0, 0.05) is 12.3 Å². The Balaban J connectivity index is 1.90. The number of hydrogen-bond donors (Lipinski definition) is 1. The number of Topliss-reactive ketones (excluding diaryl/α,β-unsaturated/α-hetero) is 2. The van der Waals surface area contributed by atoms with Gasteiger partial charge in [0.1, 0.15) is 5.60 Å². The highest BCUT2D eigenvalue weighted by molar-refractivity contribution is 6.02. The zero-order valence-corrected chi connectivity index (χ0v) is 12.1. The van der Waals surface area contributed by atoms with E-state index in [9.17, 15) is 14.7 Å². The lowest BCUT2D eigenvalue weighted by atomic mass is 9.46. The number of rotatable bonds is 0. The minimum atomic E-state index is -1.13. The summed E-state index contributed by atoms with van der Waals surface area (Å²) >= 11 is 0. The molecule has 1 N–H and O–H groups in total. The fourth-order valence-electron chi connectivity index (χ4n) is 5.76. The van der Waals surface area contributed by atoms with Crippen molar-refractivity contribution in [2.45, 2.75) is 56.6 Å². The molecule has 5 atom stereocenters. The highest BCUT2D eigenvalue weighted by Crippen LogP contribution is 2.58. The molecule has 0 radical (unpaired) electrons. The topological polar surface area (TPSA) is 57.6 Å². The minimum absolute atomic E-state index is 0.0140. The van der Waals surface area contributed by atoms with E-state index in [4.69, 9.17) is 0 Å². The first-order valence-corrected chi connectivity index (χ1v) is 8.05. The molecular weight excluding hydrogens is 254 g/mol. The first kappa shape index (κ1) is 13.0. The Morgan fingerprint density at radius 2 is 2.00 bits per heavy atom. The Morgan fingerprint density at radius 1 is 1.25 bits per heavy atom. The van der Waals surface area contributed by atoms with Crippen LogP contribution in [0.25, 0.3) is 0 Å². The molecule has 3 saturated carbocycles. The molecule has 0 aromatic rings. The molecular formula is C16H23NO3. The van der Waals surface area contributed by atoms with Gasteiger partial charge in [-0.05, 0) is 57.0 Å². The smallest absolute Gasteiger partial charge is 0.170 e. The lowest BCUT2D eigenvalue weighted by molar-refractivity contribution is -0.204. The van der Waals surface area contributed by atoms with Crippen LogP contribution in [0.3, 0.4) is 0 Å². The summed E-state index contributed by atoms with van der Waals surface area (Å²) < 4.78 is 0. The predicted octanol–water partition coefficient (Wildman–Crippen LogP) is 1.16. The standard InChI is InChI=1S/C16H23NO3/c1-10-8-11-9-15-12(18)4-2-6-17(15)7-3-5-16(11,20)14(19)13(10)15/h10-11,13,20H,2-9H2,1H3/t10?,11?,13?,15-,16+/m1/s1. The molecule has 4 nitrogen and oxygen atoms in total. The number of nitrogens with zero attached hydrogens (tertiary/aromatic N) is 1. The number of ketones is 2. The van der Waals surface area contributed by atoms with Crippen LogP contribution in [-0.2, 0) is 9.59 Å². The molecule has 3 saturated heterocycles. The number of piperidine rings is 1. The van der Waals surface area contributed by atoms with Gasteiger partial charge in [0.15, 0.2) is 11.6 Å². The van der Waals surface area contributed by atoms with Crippen LogP contribution in [0, 0.1) is 17.8 Å². The van der Waals surface area contributed by atoms with E-state index in [2.05, 4.69) is 11.8 Å². The summed E-state index contributed by atoms with van der Waals surface area (Å²) in [4.78, 5) is 28.0. The van der Waals surface area contributed by atoms with Gasteiger partial charge in [-0.25, -0.2) is 0 Å². The molecule has 0 aromatic heterocycles. The number of fused-ring (bicyclic) bond motifs is 3. The van der Waals surface area contributed by atoms with Crippen molar-refractivity contribution in [1.82, 2.24) is 4.90 Å². The van der Waals surface area contributed by atoms with Crippen molar-refractivity contribution in [3.63, 3.8) is 0 Å². The van der Waals surface area contributed by atoms with Crippen LogP contribution >= 0.6 is 0 Å². The van der Waals surface area contributed by atoms with Gasteiger partial charge in [-0.1, -0.05) is 6.92 Å². The van der Waals surface area contributed by atoms with E-state index >= 15 is 0 Å². The van der Waals surface area contributed by atoms with Crippen LogP contribution in [0.2, 0.25) is 0 Å². The van der Waals surface area contributed by atoms with Crippen molar-refractivity contribution in [2.24, 2.45) is 17.8 Å². The molecule has 110 valence electrons. The Labute approximate surface area is 119 Å². The van der Waals surface area contributed by atoms with E-state index in [0.29, 0.717) is 19.3 Å². The summed E-state index contributed by atoms with van der Waals surface area (Å²) in [6.07, 6.45) is 4.55. The summed E-state index contributed by atoms with van der Waals surface area (Å²) in [5, 5.41) is 10.9. The Kier molecular flexibility index (Phi) is 2.54. The van der Waals surface area contributed by atoms with Gasteiger partial charge in [-0.2, -0.15) is 0 Å². The summed E-state index contributed by atoms with van der Waals surface area (Å²) in [5.41, 5.74) is -1.70. The summed E-state index contributed by atoms with van der Waals surface area (Å²) in [6, 6.07) is 0. The normalized spacial score (nSPS) is 51.8. The van der Waals surface area contributed by atoms with Gasteiger partial charge in [-0.3, -0.25) is 14.5 Å². The molecule has 3 aliphatic carbocycles. The van der Waals surface area contributed by atoms with E-state index in [0.717, 1.165) is 32.4 Å². The lowest BCUT2D eigenvalue weighted by Crippen LogP contribution is -2.77. The quantitative estimate of drug-likeness (QED) is 0.722. The largest absolute Gasteiger partial charge is 0.382 e. The molecule has 3 aliphatic heterocycles. The Morgan fingerprint density at radius 3 is 2.75 bits per heavy atom. The van der Waals surface area contributed by atoms with Crippen LogP contribution < -0.4 is 0 Å². The average Bonchev–Trinajstić information content (AvgIpc) is 2.39. The van der Waals surface area contributed by atoms with Gasteiger partial charge < -0.3 is 5.11 Å². The highest BCUT2D eigenvalue weighted by Gasteiger charge is 2.69. The van der Waals surface area contributed by atoms with E-state index in [1.165, 1.54) is 0 Å². The Hall–Kier alpha value is -0.740. The number of carbonyl (C=O) groups is 2. The molecule has 20 heavy (non-hydrogen) atoms. The van der Waals surface area contributed by atoms with Crippen molar-refractivity contribution < 1.29 is 14.7 Å². The third-order valence-electron chi connectivity index (χ3n) is 6.55. The van der Waals surface area contributed by atoms with Gasteiger partial charge >= 0.3 is 0 Å². The molecule has 1 spiro atoms. The van der Waals surface area contributed by atoms with Gasteiger partial charge in [0.25, 0.3) is 0 Å². The zero-order valence-electron chi connectivity index (χ0n) is 12.1. The maximum Gasteiger partial charge on any atom is 0.170 e. The molecule has 6 fully saturated rings. The molecule has 0 amide bonds. The number of aliphatic hydroxyl groups is 1. The van der Waals surface area contributed by atoms with Gasteiger partial charge in [-0.15, -0.1) is 0 Å². The summed E-state index contributed by atoms with van der Waals surface area (Å²) in [5.74, 6) is 0.185. The van der Waals surface area contributed by atoms with Crippen molar-refractivity contribution in [1.29, 1.82) is 0 Å². The first-order valence-electron chi connectivity index (χ1n) is 8.05. The molecule has 4 bridgehead atoms. The molecule has 4 heteroatoms. The third-order valence-corrected chi connectivity index (χ3v) is 6.55. The second kappa shape index (κ2) is 3.92. The second-order valence-corrected chi connectivity index (χ2v) is 7.42. The number of hydrogen-bond acceptors (Lipinski definition) is 4. The van der Waals surface area contributed by atoms with Crippen LogP contribution in [0.1, 0.15) is 45.4 Å². The first-order chi connectivity index (χ1) is 9.50. The fourth-order valence-corrected chi connectivity index (χ4v) is 5.76. The van der Waals surface area contributed by atoms with Crippen LogP contribution in [-0.4, -0.2) is 45.8 Å². The maximum atomic E-state index is 12.9. The predicted molar refractivity (Wildman–Crippen MR) is 73.1 cm³/mol. The monoisotopic (exact) mass is 277 g/mol. The van der Waals surface area contributed by atoms with E-state index in [1.54, 1.807) is 0 Å².